The van der Waals surface area contributed by atoms with Gasteiger partial charge in [0.1, 0.15) is 17.1 Å². The first kappa shape index (κ1) is 23.7. The molecular formula is C18H16N4O8S2. The lowest BCUT2D eigenvalue weighted by Crippen LogP contribution is -2.05. The van der Waals surface area contributed by atoms with Crippen molar-refractivity contribution < 1.29 is 39.2 Å². The number of phenols is 1. The lowest BCUT2D eigenvalue weighted by Gasteiger charge is -2.11. The number of nitrogen functional groups attached to an aromatic ring is 1. The van der Waals surface area contributed by atoms with E-state index in [-0.39, 0.29) is 28.7 Å². The zero-order valence-corrected chi connectivity index (χ0v) is 17.8. The summed E-state index contributed by atoms with van der Waals surface area (Å²) in [6.45, 7) is 1.35. The predicted octanol–water partition coefficient (Wildman–Crippen LogP) is 5.36. The summed E-state index contributed by atoms with van der Waals surface area (Å²) in [6, 6.07) is 11.1. The van der Waals surface area contributed by atoms with Gasteiger partial charge in [-0.15, -0.1) is 18.9 Å². The van der Waals surface area contributed by atoms with Crippen molar-refractivity contribution in [2.45, 2.75) is 16.7 Å². The van der Waals surface area contributed by atoms with E-state index >= 15 is 0 Å². The van der Waals surface area contributed by atoms with E-state index in [1.807, 2.05) is 0 Å². The lowest BCUT2D eigenvalue weighted by atomic mass is 10.1. The fourth-order valence-corrected chi connectivity index (χ4v) is 3.67. The van der Waals surface area contributed by atoms with Crippen molar-refractivity contribution in [3.05, 3.63) is 42.5 Å². The molecule has 3 aromatic rings. The van der Waals surface area contributed by atoms with Crippen LogP contribution < -0.4 is 11.1 Å². The molecule has 0 aromatic heterocycles. The Morgan fingerprint density at radius 1 is 1.03 bits per heavy atom. The minimum absolute atomic E-state index is 0.0772. The number of nitrogens with two attached hydrogens (primary N) is 1. The van der Waals surface area contributed by atoms with Gasteiger partial charge in [-0.1, -0.05) is 22.2 Å². The first-order chi connectivity index (χ1) is 15.4. The number of rotatable bonds is 9. The van der Waals surface area contributed by atoms with Crippen LogP contribution in [0.1, 0.15) is 6.92 Å². The highest BCUT2D eigenvalue weighted by molar-refractivity contribution is 7.95. The number of nitrogens with one attached hydrogen (secondary N) is 1. The normalized spacial score (nSPS) is 11.3. The molecule has 0 aliphatic heterocycles. The summed E-state index contributed by atoms with van der Waals surface area (Å²) in [5, 5.41) is 46.4. The van der Waals surface area contributed by atoms with E-state index in [9.17, 15) is 9.90 Å². The lowest BCUT2D eigenvalue weighted by molar-refractivity contribution is -0.432. The van der Waals surface area contributed by atoms with Gasteiger partial charge in [-0.05, 0) is 35.7 Å². The molecule has 14 heteroatoms. The highest BCUT2D eigenvalue weighted by atomic mass is 32.2. The standard InChI is InChI=1S/C18H16N4O8S2/c1-9(23)20-11-5-6-12(14(8-11)31-29-27-25)21-22-18-16-10(3-2-4-13(16)24)7-15(17(18)19)32-30-28-26/h2-8,24-26H,19H2,1H3,(H,20,23). The van der Waals surface area contributed by atoms with Crippen LogP contribution in [0.2, 0.25) is 0 Å². The number of carbonyl (C=O) groups excluding carboxylic acids is 1. The number of nitrogens with zero attached hydrogens (tertiary/aromatic N) is 2. The topological polar surface area (TPSA) is 177 Å². The van der Waals surface area contributed by atoms with Gasteiger partial charge in [-0.2, -0.15) is 0 Å². The summed E-state index contributed by atoms with van der Waals surface area (Å²) in [4.78, 5) is 12.0. The van der Waals surface area contributed by atoms with Crippen molar-refractivity contribution in [3.63, 3.8) is 0 Å². The average Bonchev–Trinajstić information content (AvgIpc) is 2.76. The Kier molecular flexibility index (Phi) is 8.20. The third kappa shape index (κ3) is 5.64. The molecule has 0 spiro atoms. The molecule has 0 aliphatic carbocycles. The molecule has 0 aliphatic rings. The van der Waals surface area contributed by atoms with Crippen molar-refractivity contribution in [1.29, 1.82) is 0 Å². The van der Waals surface area contributed by atoms with Crippen LogP contribution in [0.15, 0.2) is 62.5 Å². The monoisotopic (exact) mass is 480 g/mol. The zero-order chi connectivity index (χ0) is 23.1. The third-order valence-electron chi connectivity index (χ3n) is 3.97. The van der Waals surface area contributed by atoms with Crippen LogP contribution in [0.5, 0.6) is 5.75 Å². The molecular weight excluding hydrogens is 464 g/mol. The summed E-state index contributed by atoms with van der Waals surface area (Å²) in [7, 11) is 0. The van der Waals surface area contributed by atoms with Crippen LogP contribution >= 0.6 is 24.1 Å². The van der Waals surface area contributed by atoms with Gasteiger partial charge in [-0.3, -0.25) is 4.79 Å². The SMILES string of the molecule is CC(=O)Nc1ccc(N=Nc2c(N)c(SOOO)cc3cccc(O)c23)c(SOOO)c1. The molecule has 12 nitrogen and oxygen atoms in total. The molecule has 0 saturated carbocycles. The number of phenolic OH excluding ortho intramolecular Hbond substituents is 1. The summed E-state index contributed by atoms with van der Waals surface area (Å²) < 4.78 is 8.96. The predicted molar refractivity (Wildman–Crippen MR) is 116 cm³/mol. The van der Waals surface area contributed by atoms with Gasteiger partial charge in [-0.25, -0.2) is 10.5 Å². The maximum absolute atomic E-state index is 11.3. The summed E-state index contributed by atoms with van der Waals surface area (Å²) in [5.41, 5.74) is 7.14. The quantitative estimate of drug-likeness (QED) is 0.0875. The van der Waals surface area contributed by atoms with Crippen molar-refractivity contribution in [3.8, 4) is 5.75 Å². The van der Waals surface area contributed by atoms with Gasteiger partial charge < -0.3 is 16.2 Å². The second kappa shape index (κ2) is 11.1. The fourth-order valence-electron chi connectivity index (χ4n) is 2.73. The minimum atomic E-state index is -0.284. The van der Waals surface area contributed by atoms with Gasteiger partial charge in [0.25, 0.3) is 0 Å². The van der Waals surface area contributed by atoms with E-state index in [0.29, 0.717) is 50.3 Å². The number of aromatic hydroxyl groups is 1. The Hall–Kier alpha value is -2.95. The molecule has 1 amide bonds. The van der Waals surface area contributed by atoms with Crippen LogP contribution in [0, 0.1) is 0 Å². The average molecular weight is 480 g/mol. The minimum Gasteiger partial charge on any atom is -0.507 e. The first-order valence-corrected chi connectivity index (χ1v) is 10.1. The van der Waals surface area contributed by atoms with Crippen LogP contribution in [0.3, 0.4) is 0 Å². The van der Waals surface area contributed by atoms with Gasteiger partial charge in [0.05, 0.1) is 45.0 Å². The third-order valence-corrected chi connectivity index (χ3v) is 5.25. The second-order valence-corrected chi connectivity index (χ2v) is 7.51. The highest BCUT2D eigenvalue weighted by Gasteiger charge is 2.16. The summed E-state index contributed by atoms with van der Waals surface area (Å²) in [6.07, 6.45) is 0. The number of carbonyl (C=O) groups is 1. The van der Waals surface area contributed by atoms with E-state index in [1.165, 1.54) is 25.1 Å². The van der Waals surface area contributed by atoms with E-state index in [4.69, 9.17) is 16.2 Å². The maximum atomic E-state index is 11.3. The molecule has 6 N–H and O–H groups in total. The van der Waals surface area contributed by atoms with Crippen LogP contribution in [-0.4, -0.2) is 21.5 Å². The van der Waals surface area contributed by atoms with Crippen molar-refractivity contribution >= 4 is 63.5 Å². The molecule has 32 heavy (non-hydrogen) atoms. The molecule has 168 valence electrons. The number of benzene rings is 3. The summed E-state index contributed by atoms with van der Waals surface area (Å²) >= 11 is 1.26. The Morgan fingerprint density at radius 3 is 2.44 bits per heavy atom. The van der Waals surface area contributed by atoms with E-state index in [1.54, 1.807) is 24.3 Å². The number of anilines is 2. The van der Waals surface area contributed by atoms with Gasteiger partial charge in [0.2, 0.25) is 5.91 Å². The Morgan fingerprint density at radius 2 is 1.75 bits per heavy atom. The number of azo groups is 1. The second-order valence-electron chi connectivity index (χ2n) is 6.03. The molecule has 0 saturated heterocycles. The van der Waals surface area contributed by atoms with Crippen molar-refractivity contribution in [1.82, 2.24) is 0 Å². The smallest absolute Gasteiger partial charge is 0.221 e. The molecule has 0 fully saturated rings. The van der Waals surface area contributed by atoms with E-state index in [2.05, 4.69) is 34.3 Å². The van der Waals surface area contributed by atoms with Crippen LogP contribution in [0.25, 0.3) is 10.8 Å². The Bertz CT molecular complexity index is 1160. The number of hydrogen-bond acceptors (Lipinski definition) is 13. The van der Waals surface area contributed by atoms with Crippen molar-refractivity contribution in [2.75, 3.05) is 11.1 Å². The summed E-state index contributed by atoms with van der Waals surface area (Å²) in [5.74, 6) is -0.362. The number of hydrogen-bond donors (Lipinski definition) is 5. The largest absolute Gasteiger partial charge is 0.507 e. The highest BCUT2D eigenvalue weighted by Crippen LogP contribution is 2.44. The van der Waals surface area contributed by atoms with Gasteiger partial charge in [0.15, 0.2) is 0 Å². The van der Waals surface area contributed by atoms with Gasteiger partial charge >= 0.3 is 0 Å². The molecule has 3 aromatic carbocycles. The molecule has 0 bridgehead atoms. The molecule has 3 rings (SSSR count). The van der Waals surface area contributed by atoms with Crippen molar-refractivity contribution in [2.24, 2.45) is 10.2 Å². The molecule has 0 unspecified atom stereocenters. The van der Waals surface area contributed by atoms with Crippen LogP contribution in [0.4, 0.5) is 22.7 Å². The number of amides is 1. The fraction of sp³-hybridized carbons (Fsp3) is 0.0556. The van der Waals surface area contributed by atoms with E-state index in [0.717, 1.165) is 0 Å². The first-order valence-electron chi connectivity index (χ1n) is 8.61. The maximum Gasteiger partial charge on any atom is 0.221 e. The van der Waals surface area contributed by atoms with E-state index < -0.39 is 0 Å². The number of fused-ring (bicyclic) bond motifs is 1. The molecule has 0 heterocycles. The zero-order valence-electron chi connectivity index (χ0n) is 16.2. The molecule has 0 radical (unpaired) electrons. The Balaban J connectivity index is 2.09. The Labute approximate surface area is 189 Å². The van der Waals surface area contributed by atoms with Gasteiger partial charge in [0, 0.05) is 12.6 Å². The van der Waals surface area contributed by atoms with Crippen LogP contribution in [-0.2, 0) is 23.5 Å². The molecule has 0 atom stereocenters.